The summed E-state index contributed by atoms with van der Waals surface area (Å²) in [6, 6.07) is 23.1. The molecule has 0 amide bonds. The van der Waals surface area contributed by atoms with Gasteiger partial charge in [0, 0.05) is 16.5 Å². The van der Waals surface area contributed by atoms with Gasteiger partial charge in [-0.25, -0.2) is 4.79 Å². The van der Waals surface area contributed by atoms with Gasteiger partial charge in [-0.15, -0.1) is 0 Å². The van der Waals surface area contributed by atoms with E-state index < -0.39 is 5.63 Å². The molecule has 0 unspecified atom stereocenters. The molecule has 4 heteroatoms. The van der Waals surface area contributed by atoms with E-state index in [9.17, 15) is 9.90 Å². The third-order valence-corrected chi connectivity index (χ3v) is 5.76. The lowest BCUT2D eigenvalue weighted by Gasteiger charge is -2.19. The van der Waals surface area contributed by atoms with Crippen molar-refractivity contribution in [1.29, 1.82) is 0 Å². The van der Waals surface area contributed by atoms with Crippen LogP contribution in [0.3, 0.4) is 0 Å². The first kappa shape index (κ1) is 19.2. The lowest BCUT2D eigenvalue weighted by Crippen LogP contribution is -2.10. The molecule has 5 aromatic rings. The number of hydrogen-bond acceptors (Lipinski definition) is 3. The third kappa shape index (κ3) is 3.12. The van der Waals surface area contributed by atoms with Gasteiger partial charge in [0.15, 0.2) is 0 Å². The molecule has 3 aromatic carbocycles. The van der Waals surface area contributed by atoms with Crippen LogP contribution in [0.2, 0.25) is 0 Å². The van der Waals surface area contributed by atoms with Crippen molar-refractivity contribution in [3.8, 4) is 28.1 Å². The van der Waals surface area contributed by atoms with Crippen molar-refractivity contribution in [2.45, 2.75) is 26.2 Å². The van der Waals surface area contributed by atoms with Gasteiger partial charge in [-0.1, -0.05) is 69.3 Å². The molecule has 0 bridgehead atoms. The fraction of sp³-hybridized carbons (Fsp3) is 0.148. The topological polar surface area (TPSA) is 66.2 Å². The molecule has 5 rings (SSSR count). The van der Waals surface area contributed by atoms with Crippen LogP contribution in [-0.2, 0) is 5.41 Å². The first-order valence-corrected chi connectivity index (χ1v) is 10.3. The zero-order valence-corrected chi connectivity index (χ0v) is 17.7. The first-order chi connectivity index (χ1) is 14.8. The Balaban J connectivity index is 1.94. The van der Waals surface area contributed by atoms with Crippen LogP contribution in [0.25, 0.3) is 44.3 Å². The van der Waals surface area contributed by atoms with Gasteiger partial charge in [0.05, 0.1) is 11.1 Å². The van der Waals surface area contributed by atoms with Crippen LogP contribution in [0.5, 0.6) is 5.75 Å². The van der Waals surface area contributed by atoms with E-state index in [1.54, 1.807) is 18.2 Å². The Morgan fingerprint density at radius 3 is 2.29 bits per heavy atom. The number of fused-ring (bicyclic) bond motifs is 2. The maximum absolute atomic E-state index is 13.1. The standard InChI is InChI=1S/C27H23NO3/c1-27(2,3)17-13-14-20-19(15-17)22(24(28-20)16-9-5-4-6-10-16)23-25(29)18-11-7-8-12-21(18)31-26(23)30/h4-15,28-29H,1-3H3. The van der Waals surface area contributed by atoms with Crippen LogP contribution < -0.4 is 5.63 Å². The second-order valence-corrected chi connectivity index (χ2v) is 8.86. The molecule has 0 saturated heterocycles. The number of para-hydroxylation sites is 1. The molecule has 2 aromatic heterocycles. The van der Waals surface area contributed by atoms with E-state index in [4.69, 9.17) is 4.42 Å². The summed E-state index contributed by atoms with van der Waals surface area (Å²) in [6.07, 6.45) is 0. The van der Waals surface area contributed by atoms with Gasteiger partial charge >= 0.3 is 5.63 Å². The molecular formula is C27H23NO3. The Labute approximate surface area is 179 Å². The molecule has 2 heterocycles. The molecule has 2 N–H and O–H groups in total. The van der Waals surface area contributed by atoms with Crippen molar-refractivity contribution < 1.29 is 9.52 Å². The summed E-state index contributed by atoms with van der Waals surface area (Å²) >= 11 is 0. The van der Waals surface area contributed by atoms with Gasteiger partial charge in [0.1, 0.15) is 16.9 Å². The first-order valence-electron chi connectivity index (χ1n) is 10.3. The molecule has 0 aliphatic carbocycles. The highest BCUT2D eigenvalue weighted by molar-refractivity contribution is 6.07. The fourth-order valence-electron chi connectivity index (χ4n) is 4.09. The number of aromatic amines is 1. The smallest absolute Gasteiger partial charge is 0.348 e. The van der Waals surface area contributed by atoms with Crippen molar-refractivity contribution in [3.63, 3.8) is 0 Å². The summed E-state index contributed by atoms with van der Waals surface area (Å²) in [6.45, 7) is 6.46. The molecule has 154 valence electrons. The van der Waals surface area contributed by atoms with E-state index in [0.29, 0.717) is 16.5 Å². The second-order valence-electron chi connectivity index (χ2n) is 8.86. The zero-order chi connectivity index (χ0) is 21.8. The van der Waals surface area contributed by atoms with Crippen LogP contribution in [-0.4, -0.2) is 10.1 Å². The molecular weight excluding hydrogens is 386 g/mol. The predicted octanol–water partition coefficient (Wildman–Crippen LogP) is 6.61. The van der Waals surface area contributed by atoms with Crippen LogP contribution in [0.15, 0.2) is 82.0 Å². The number of benzene rings is 3. The molecule has 0 atom stereocenters. The van der Waals surface area contributed by atoms with Crippen LogP contribution >= 0.6 is 0 Å². The number of aromatic nitrogens is 1. The summed E-state index contributed by atoms with van der Waals surface area (Å²) in [7, 11) is 0. The normalized spacial score (nSPS) is 12.0. The van der Waals surface area contributed by atoms with Crippen molar-refractivity contribution in [1.82, 2.24) is 4.98 Å². The molecule has 0 radical (unpaired) electrons. The second kappa shape index (κ2) is 6.88. The molecule has 0 fully saturated rings. The lowest BCUT2D eigenvalue weighted by molar-refractivity contribution is 0.471. The Kier molecular flexibility index (Phi) is 4.26. The van der Waals surface area contributed by atoms with Crippen LogP contribution in [0.4, 0.5) is 0 Å². The molecule has 31 heavy (non-hydrogen) atoms. The van der Waals surface area contributed by atoms with Gasteiger partial charge in [0.25, 0.3) is 0 Å². The number of aromatic hydroxyl groups is 1. The van der Waals surface area contributed by atoms with E-state index in [1.807, 2.05) is 42.5 Å². The maximum atomic E-state index is 13.1. The van der Waals surface area contributed by atoms with E-state index in [0.717, 1.165) is 27.7 Å². The molecule has 4 nitrogen and oxygen atoms in total. The number of hydrogen-bond donors (Lipinski definition) is 2. The van der Waals surface area contributed by atoms with Gasteiger partial charge in [-0.3, -0.25) is 0 Å². The quantitative estimate of drug-likeness (QED) is 0.322. The highest BCUT2D eigenvalue weighted by Gasteiger charge is 2.25. The lowest BCUT2D eigenvalue weighted by atomic mass is 9.85. The Hall–Kier alpha value is -3.79. The summed E-state index contributed by atoms with van der Waals surface area (Å²) in [5.41, 5.74) is 4.32. The van der Waals surface area contributed by atoms with Crippen LogP contribution in [0.1, 0.15) is 26.3 Å². The third-order valence-electron chi connectivity index (χ3n) is 5.76. The monoisotopic (exact) mass is 409 g/mol. The van der Waals surface area contributed by atoms with E-state index >= 15 is 0 Å². The Morgan fingerprint density at radius 1 is 0.839 bits per heavy atom. The number of rotatable bonds is 2. The van der Waals surface area contributed by atoms with Crippen molar-refractivity contribution in [2.24, 2.45) is 0 Å². The summed E-state index contributed by atoms with van der Waals surface area (Å²) in [4.78, 5) is 16.6. The minimum Gasteiger partial charge on any atom is -0.506 e. The maximum Gasteiger partial charge on any atom is 0.348 e. The summed E-state index contributed by atoms with van der Waals surface area (Å²) in [5.74, 6) is -0.0638. The Morgan fingerprint density at radius 2 is 1.55 bits per heavy atom. The van der Waals surface area contributed by atoms with Crippen molar-refractivity contribution in [2.75, 3.05) is 0 Å². The zero-order valence-electron chi connectivity index (χ0n) is 17.7. The summed E-state index contributed by atoms with van der Waals surface area (Å²) < 4.78 is 5.61. The van der Waals surface area contributed by atoms with Crippen molar-refractivity contribution >= 4 is 21.9 Å². The largest absolute Gasteiger partial charge is 0.506 e. The fourth-order valence-corrected chi connectivity index (χ4v) is 4.09. The molecule has 0 aliphatic rings. The predicted molar refractivity (Wildman–Crippen MR) is 126 cm³/mol. The van der Waals surface area contributed by atoms with Gasteiger partial charge in [-0.2, -0.15) is 0 Å². The molecule has 0 aliphatic heterocycles. The van der Waals surface area contributed by atoms with Crippen molar-refractivity contribution in [3.05, 3.63) is 88.8 Å². The number of nitrogens with one attached hydrogen (secondary N) is 1. The van der Waals surface area contributed by atoms with Gasteiger partial charge in [0.2, 0.25) is 0 Å². The van der Waals surface area contributed by atoms with Gasteiger partial charge < -0.3 is 14.5 Å². The molecule has 0 saturated carbocycles. The average molecular weight is 409 g/mol. The molecule has 0 spiro atoms. The minimum atomic E-state index is -0.560. The van der Waals surface area contributed by atoms with Gasteiger partial charge in [-0.05, 0) is 40.8 Å². The highest BCUT2D eigenvalue weighted by atomic mass is 16.4. The van der Waals surface area contributed by atoms with E-state index in [2.05, 4.69) is 37.9 Å². The number of H-pyrrole nitrogens is 1. The SMILES string of the molecule is CC(C)(C)c1ccc2[nH]c(-c3ccccc3)c(-c3c(O)c4ccccc4oc3=O)c2c1. The van der Waals surface area contributed by atoms with Crippen LogP contribution in [0, 0.1) is 0 Å². The highest BCUT2D eigenvalue weighted by Crippen LogP contribution is 2.43. The Bertz CT molecular complexity index is 1480. The van der Waals surface area contributed by atoms with E-state index in [-0.39, 0.29) is 16.7 Å². The average Bonchev–Trinajstić information content (AvgIpc) is 3.12. The van der Waals surface area contributed by atoms with E-state index in [1.165, 1.54) is 0 Å². The minimum absolute atomic E-state index is 0.0638. The summed E-state index contributed by atoms with van der Waals surface area (Å²) in [5, 5.41) is 12.6.